The number of hydrogen-bond acceptors (Lipinski definition) is 6. The number of nitrogens with zero attached hydrogens (tertiary/aromatic N) is 2. The van der Waals surface area contributed by atoms with Crippen molar-refractivity contribution in [1.82, 2.24) is 10.2 Å². The number of rotatable bonds is 9. The maximum Gasteiger partial charge on any atom is 0.310 e. The average molecular weight is 337 g/mol. The van der Waals surface area contributed by atoms with E-state index in [4.69, 9.17) is 9.47 Å². The Morgan fingerprint density at radius 3 is 2.83 bits per heavy atom. The smallest absolute Gasteiger partial charge is 0.310 e. The molecule has 2 rings (SSSR count). The molecule has 1 heterocycles. The SMILES string of the molecule is O=C(CCCOc1ccccc1[N+](=O)[O-])NCCN1CCOCC1. The highest BCUT2D eigenvalue weighted by atomic mass is 16.6. The first kappa shape index (κ1) is 18.2. The molecular weight excluding hydrogens is 314 g/mol. The lowest BCUT2D eigenvalue weighted by Crippen LogP contribution is -2.41. The van der Waals surface area contributed by atoms with Gasteiger partial charge in [0.25, 0.3) is 0 Å². The summed E-state index contributed by atoms with van der Waals surface area (Å²) in [6, 6.07) is 6.22. The Bertz CT molecular complexity index is 546. The van der Waals surface area contributed by atoms with Crippen LogP contribution in [0.25, 0.3) is 0 Å². The summed E-state index contributed by atoms with van der Waals surface area (Å²) in [5, 5.41) is 13.7. The quantitative estimate of drug-likeness (QED) is 0.413. The minimum Gasteiger partial charge on any atom is -0.487 e. The molecule has 1 aliphatic heterocycles. The molecule has 1 amide bonds. The molecule has 0 bridgehead atoms. The molecule has 1 aromatic carbocycles. The summed E-state index contributed by atoms with van der Waals surface area (Å²) in [6.07, 6.45) is 0.846. The van der Waals surface area contributed by atoms with Crippen LogP contribution in [-0.4, -0.2) is 61.7 Å². The lowest BCUT2D eigenvalue weighted by Gasteiger charge is -2.26. The van der Waals surface area contributed by atoms with Gasteiger partial charge < -0.3 is 14.8 Å². The average Bonchev–Trinajstić information content (AvgIpc) is 2.60. The Morgan fingerprint density at radius 1 is 1.33 bits per heavy atom. The fourth-order valence-electron chi connectivity index (χ4n) is 2.41. The highest BCUT2D eigenvalue weighted by molar-refractivity contribution is 5.75. The lowest BCUT2D eigenvalue weighted by atomic mass is 10.3. The lowest BCUT2D eigenvalue weighted by molar-refractivity contribution is -0.385. The Balaban J connectivity index is 1.58. The number of para-hydroxylation sites is 2. The van der Waals surface area contributed by atoms with E-state index >= 15 is 0 Å². The van der Waals surface area contributed by atoms with E-state index in [9.17, 15) is 14.9 Å². The number of carbonyl (C=O) groups is 1. The van der Waals surface area contributed by atoms with Crippen molar-refractivity contribution in [2.75, 3.05) is 46.0 Å². The van der Waals surface area contributed by atoms with Gasteiger partial charge in [-0.3, -0.25) is 19.8 Å². The van der Waals surface area contributed by atoms with Gasteiger partial charge in [-0.05, 0) is 12.5 Å². The van der Waals surface area contributed by atoms with Crippen LogP contribution in [0.2, 0.25) is 0 Å². The van der Waals surface area contributed by atoms with Gasteiger partial charge in [-0.1, -0.05) is 12.1 Å². The maximum atomic E-state index is 11.8. The molecule has 0 atom stereocenters. The van der Waals surface area contributed by atoms with Crippen molar-refractivity contribution in [3.05, 3.63) is 34.4 Å². The molecule has 0 saturated carbocycles. The van der Waals surface area contributed by atoms with Crippen molar-refractivity contribution < 1.29 is 19.2 Å². The first-order valence-corrected chi connectivity index (χ1v) is 8.10. The largest absolute Gasteiger partial charge is 0.487 e. The first-order valence-electron chi connectivity index (χ1n) is 8.10. The molecule has 1 aromatic rings. The second-order valence-electron chi connectivity index (χ2n) is 5.48. The van der Waals surface area contributed by atoms with Crippen molar-refractivity contribution in [3.63, 3.8) is 0 Å². The molecule has 132 valence electrons. The molecule has 1 aliphatic rings. The van der Waals surface area contributed by atoms with Gasteiger partial charge in [0.1, 0.15) is 0 Å². The van der Waals surface area contributed by atoms with Crippen LogP contribution in [-0.2, 0) is 9.53 Å². The molecule has 8 nitrogen and oxygen atoms in total. The minimum atomic E-state index is -0.478. The van der Waals surface area contributed by atoms with Gasteiger partial charge in [0.2, 0.25) is 5.91 Å². The summed E-state index contributed by atoms with van der Waals surface area (Å²) in [5.41, 5.74) is -0.0625. The Hall–Kier alpha value is -2.19. The highest BCUT2D eigenvalue weighted by Gasteiger charge is 2.13. The summed E-state index contributed by atoms with van der Waals surface area (Å²) in [5.74, 6) is 0.199. The first-order chi connectivity index (χ1) is 11.7. The third kappa shape index (κ3) is 6.13. The number of benzene rings is 1. The summed E-state index contributed by atoms with van der Waals surface area (Å²) >= 11 is 0. The van der Waals surface area contributed by atoms with Gasteiger partial charge in [0.05, 0.1) is 24.7 Å². The van der Waals surface area contributed by atoms with E-state index < -0.39 is 4.92 Å². The van der Waals surface area contributed by atoms with E-state index in [0.717, 1.165) is 32.8 Å². The van der Waals surface area contributed by atoms with Gasteiger partial charge in [-0.2, -0.15) is 0 Å². The van der Waals surface area contributed by atoms with Crippen LogP contribution < -0.4 is 10.1 Å². The molecule has 0 aromatic heterocycles. The number of ether oxygens (including phenoxy) is 2. The zero-order chi connectivity index (χ0) is 17.2. The fourth-order valence-corrected chi connectivity index (χ4v) is 2.41. The van der Waals surface area contributed by atoms with Crippen LogP contribution in [0.15, 0.2) is 24.3 Å². The van der Waals surface area contributed by atoms with Gasteiger partial charge in [-0.25, -0.2) is 0 Å². The number of hydrogen-bond donors (Lipinski definition) is 1. The van der Waals surface area contributed by atoms with E-state index in [-0.39, 0.29) is 24.0 Å². The van der Waals surface area contributed by atoms with Gasteiger partial charge in [0, 0.05) is 38.7 Å². The Morgan fingerprint density at radius 2 is 2.08 bits per heavy atom. The molecular formula is C16H23N3O5. The summed E-state index contributed by atoms with van der Waals surface area (Å²) < 4.78 is 10.7. The van der Waals surface area contributed by atoms with Gasteiger partial charge in [-0.15, -0.1) is 0 Å². The van der Waals surface area contributed by atoms with Crippen LogP contribution in [0.3, 0.4) is 0 Å². The second-order valence-corrected chi connectivity index (χ2v) is 5.48. The number of nitro benzene ring substituents is 1. The van der Waals surface area contributed by atoms with Crippen LogP contribution in [0.4, 0.5) is 5.69 Å². The Kier molecular flexibility index (Phi) is 7.44. The minimum absolute atomic E-state index is 0.0329. The van der Waals surface area contributed by atoms with Crippen molar-refractivity contribution >= 4 is 11.6 Å². The maximum absolute atomic E-state index is 11.8. The number of amides is 1. The molecule has 0 unspecified atom stereocenters. The third-order valence-electron chi connectivity index (χ3n) is 3.72. The van der Waals surface area contributed by atoms with Crippen LogP contribution in [0.5, 0.6) is 5.75 Å². The number of nitro groups is 1. The number of nitrogens with one attached hydrogen (secondary N) is 1. The topological polar surface area (TPSA) is 93.9 Å². The van der Waals surface area contributed by atoms with Crippen molar-refractivity contribution in [2.45, 2.75) is 12.8 Å². The zero-order valence-corrected chi connectivity index (χ0v) is 13.6. The predicted molar refractivity (Wildman–Crippen MR) is 88.1 cm³/mol. The van der Waals surface area contributed by atoms with Crippen molar-refractivity contribution in [1.29, 1.82) is 0 Å². The second kappa shape index (κ2) is 9.84. The summed E-state index contributed by atoms with van der Waals surface area (Å²) in [4.78, 5) is 24.4. The van der Waals surface area contributed by atoms with Gasteiger partial charge >= 0.3 is 5.69 Å². The molecule has 1 saturated heterocycles. The van der Waals surface area contributed by atoms with Crippen molar-refractivity contribution in [2.24, 2.45) is 0 Å². The molecule has 0 aliphatic carbocycles. The van der Waals surface area contributed by atoms with Crippen molar-refractivity contribution in [3.8, 4) is 5.75 Å². The normalized spacial score (nSPS) is 15.0. The predicted octanol–water partition coefficient (Wildman–Crippen LogP) is 1.20. The number of morpholine rings is 1. The van der Waals surface area contributed by atoms with Crippen LogP contribution in [0, 0.1) is 10.1 Å². The standard InChI is InChI=1S/C16H23N3O5/c20-16(17-7-8-18-9-12-23-13-10-18)6-3-11-24-15-5-2-1-4-14(15)19(21)22/h1-2,4-5H,3,6-13H2,(H,17,20). The molecule has 8 heteroatoms. The molecule has 1 N–H and O–H groups in total. The van der Waals surface area contributed by atoms with Crippen LogP contribution >= 0.6 is 0 Å². The van der Waals surface area contributed by atoms with E-state index in [1.54, 1.807) is 18.2 Å². The summed E-state index contributed by atoms with van der Waals surface area (Å²) in [7, 11) is 0. The third-order valence-corrected chi connectivity index (χ3v) is 3.72. The van der Waals surface area contributed by atoms with E-state index in [1.807, 2.05) is 0 Å². The molecule has 0 radical (unpaired) electrons. The van der Waals surface area contributed by atoms with E-state index in [2.05, 4.69) is 10.2 Å². The summed E-state index contributed by atoms with van der Waals surface area (Å²) in [6.45, 7) is 5.00. The van der Waals surface area contributed by atoms with E-state index in [0.29, 0.717) is 19.4 Å². The fraction of sp³-hybridized carbons (Fsp3) is 0.562. The van der Waals surface area contributed by atoms with E-state index in [1.165, 1.54) is 6.07 Å². The monoisotopic (exact) mass is 337 g/mol. The number of carbonyl (C=O) groups excluding carboxylic acids is 1. The molecule has 0 spiro atoms. The zero-order valence-electron chi connectivity index (χ0n) is 13.6. The Labute approximate surface area is 140 Å². The van der Waals surface area contributed by atoms with Gasteiger partial charge in [0.15, 0.2) is 5.75 Å². The molecule has 24 heavy (non-hydrogen) atoms. The van der Waals surface area contributed by atoms with Crippen LogP contribution in [0.1, 0.15) is 12.8 Å². The molecule has 1 fully saturated rings. The highest BCUT2D eigenvalue weighted by Crippen LogP contribution is 2.25.